The van der Waals surface area contributed by atoms with Crippen molar-refractivity contribution < 1.29 is 18.3 Å². The van der Waals surface area contributed by atoms with E-state index in [9.17, 15) is 13.6 Å². The number of nitrogens with one attached hydrogen (secondary N) is 1. The van der Waals surface area contributed by atoms with Gasteiger partial charge in [-0.25, -0.2) is 8.78 Å². The van der Waals surface area contributed by atoms with Gasteiger partial charge in [0.2, 0.25) is 0 Å². The van der Waals surface area contributed by atoms with Crippen LogP contribution in [0.15, 0.2) is 23.2 Å². The minimum Gasteiger partial charge on any atom is -0.469 e. The van der Waals surface area contributed by atoms with Crippen LogP contribution < -0.4 is 5.32 Å². The number of rotatable bonds is 6. The summed E-state index contributed by atoms with van der Waals surface area (Å²) in [5.41, 5.74) is 0.00863. The molecule has 3 atom stereocenters. The van der Waals surface area contributed by atoms with Gasteiger partial charge in [-0.15, -0.1) is 24.0 Å². The molecule has 0 bridgehead atoms. The number of nitrogens with zero attached hydrogens (tertiary/aromatic N) is 3. The molecule has 1 heterocycles. The summed E-state index contributed by atoms with van der Waals surface area (Å²) >= 11 is 0. The molecule has 0 saturated carbocycles. The van der Waals surface area contributed by atoms with Crippen molar-refractivity contribution in [1.82, 2.24) is 15.1 Å². The van der Waals surface area contributed by atoms with E-state index >= 15 is 0 Å². The van der Waals surface area contributed by atoms with E-state index in [-0.39, 0.29) is 53.9 Å². The Morgan fingerprint density at radius 2 is 1.97 bits per heavy atom. The SMILES string of the molecule is CCNC(=NCC(c1c(F)cccc1F)N(C)C)N1CC(C)C(C(=O)OC)C1.I. The molecule has 0 aromatic heterocycles. The molecule has 0 aliphatic carbocycles. The van der Waals surface area contributed by atoms with Crippen LogP contribution in [0.25, 0.3) is 0 Å². The first-order valence-corrected chi connectivity index (χ1v) is 9.51. The molecule has 0 spiro atoms. The van der Waals surface area contributed by atoms with Gasteiger partial charge in [-0.1, -0.05) is 13.0 Å². The van der Waals surface area contributed by atoms with Crippen molar-refractivity contribution in [2.75, 3.05) is 47.4 Å². The molecular formula is C20H31F2IN4O2. The van der Waals surface area contributed by atoms with Gasteiger partial charge < -0.3 is 19.9 Å². The Balaban J connectivity index is 0.00000420. The number of likely N-dealkylation sites (tertiary alicyclic amines) is 1. The molecule has 1 aromatic carbocycles. The van der Waals surface area contributed by atoms with Crippen molar-refractivity contribution in [3.8, 4) is 0 Å². The van der Waals surface area contributed by atoms with Crippen molar-refractivity contribution >= 4 is 35.9 Å². The van der Waals surface area contributed by atoms with E-state index in [0.717, 1.165) is 0 Å². The number of ether oxygens (including phenoxy) is 1. The molecule has 9 heteroatoms. The van der Waals surface area contributed by atoms with E-state index in [0.29, 0.717) is 25.6 Å². The summed E-state index contributed by atoms with van der Waals surface area (Å²) in [6, 6.07) is 3.32. The lowest BCUT2D eigenvalue weighted by Gasteiger charge is -2.26. The molecule has 0 radical (unpaired) electrons. The number of likely N-dealkylation sites (N-methyl/N-ethyl adjacent to an activating group) is 1. The Labute approximate surface area is 188 Å². The second-order valence-corrected chi connectivity index (χ2v) is 7.32. The van der Waals surface area contributed by atoms with E-state index < -0.39 is 17.7 Å². The standard InChI is InChI=1S/C20H30F2N4O2.HI/c1-6-23-20(26-11-13(2)14(12-26)19(27)28-5)24-10-17(25(3)4)18-15(21)8-7-9-16(18)22;/h7-9,13-14,17H,6,10-12H2,1-5H3,(H,23,24);1H. The van der Waals surface area contributed by atoms with Gasteiger partial charge in [-0.05, 0) is 39.1 Å². The minimum absolute atomic E-state index is 0. The third-order valence-corrected chi connectivity index (χ3v) is 5.12. The topological polar surface area (TPSA) is 57.2 Å². The molecule has 6 nitrogen and oxygen atoms in total. The molecule has 1 aromatic rings. The maximum atomic E-state index is 14.3. The Bertz CT molecular complexity index is 697. The lowest BCUT2D eigenvalue weighted by Crippen LogP contribution is -2.41. The number of hydrogen-bond donors (Lipinski definition) is 1. The van der Waals surface area contributed by atoms with Crippen molar-refractivity contribution in [1.29, 1.82) is 0 Å². The van der Waals surface area contributed by atoms with Gasteiger partial charge in [-0.3, -0.25) is 9.79 Å². The van der Waals surface area contributed by atoms with Crippen LogP contribution in [0.3, 0.4) is 0 Å². The molecule has 1 saturated heterocycles. The third-order valence-electron chi connectivity index (χ3n) is 5.12. The summed E-state index contributed by atoms with van der Waals surface area (Å²) in [6.45, 7) is 5.94. The molecule has 1 fully saturated rings. The molecule has 3 unspecified atom stereocenters. The Morgan fingerprint density at radius 3 is 2.48 bits per heavy atom. The minimum atomic E-state index is -0.584. The first kappa shape index (κ1) is 25.5. The van der Waals surface area contributed by atoms with Gasteiger partial charge in [0.25, 0.3) is 0 Å². The maximum Gasteiger partial charge on any atom is 0.310 e. The number of hydrogen-bond acceptors (Lipinski definition) is 4. The maximum absolute atomic E-state index is 14.3. The average molecular weight is 524 g/mol. The van der Waals surface area contributed by atoms with Crippen LogP contribution in [-0.4, -0.2) is 69.1 Å². The summed E-state index contributed by atoms with van der Waals surface area (Å²) in [7, 11) is 4.93. The van der Waals surface area contributed by atoms with E-state index in [1.165, 1.54) is 25.3 Å². The first-order valence-electron chi connectivity index (χ1n) is 9.51. The molecule has 29 heavy (non-hydrogen) atoms. The van der Waals surface area contributed by atoms with Crippen LogP contribution in [0.5, 0.6) is 0 Å². The molecule has 1 aliphatic heterocycles. The highest BCUT2D eigenvalue weighted by Crippen LogP contribution is 2.26. The molecule has 1 aliphatic rings. The summed E-state index contributed by atoms with van der Waals surface area (Å²) in [4.78, 5) is 20.3. The van der Waals surface area contributed by atoms with Gasteiger partial charge in [0.1, 0.15) is 11.6 Å². The molecule has 0 amide bonds. The zero-order chi connectivity index (χ0) is 20.8. The highest BCUT2D eigenvalue weighted by Gasteiger charge is 2.37. The van der Waals surface area contributed by atoms with Crippen molar-refractivity contribution in [3.05, 3.63) is 35.4 Å². The fraction of sp³-hybridized carbons (Fsp3) is 0.600. The normalized spacial score (nSPS) is 20.4. The highest BCUT2D eigenvalue weighted by atomic mass is 127. The van der Waals surface area contributed by atoms with Crippen molar-refractivity contribution in [2.45, 2.75) is 19.9 Å². The largest absolute Gasteiger partial charge is 0.469 e. The fourth-order valence-electron chi connectivity index (χ4n) is 3.54. The van der Waals surface area contributed by atoms with Gasteiger partial charge in [0.15, 0.2) is 5.96 Å². The summed E-state index contributed by atoms with van der Waals surface area (Å²) < 4.78 is 33.4. The summed E-state index contributed by atoms with van der Waals surface area (Å²) in [5, 5.41) is 3.22. The quantitative estimate of drug-likeness (QED) is 0.269. The number of esters is 1. The number of aliphatic imine (C=N–C) groups is 1. The van der Waals surface area contributed by atoms with Crippen LogP contribution in [0, 0.1) is 23.5 Å². The molecular weight excluding hydrogens is 493 g/mol. The summed E-state index contributed by atoms with van der Waals surface area (Å²) in [5.74, 6) is -0.860. The zero-order valence-electron chi connectivity index (χ0n) is 17.6. The van der Waals surface area contributed by atoms with Gasteiger partial charge >= 0.3 is 5.97 Å². The molecule has 164 valence electrons. The number of halogens is 3. The Kier molecular flexibility index (Phi) is 10.2. The number of benzene rings is 1. The number of methoxy groups -OCH3 is 1. The summed E-state index contributed by atoms with van der Waals surface area (Å²) in [6.07, 6.45) is 0. The predicted molar refractivity (Wildman–Crippen MR) is 120 cm³/mol. The highest BCUT2D eigenvalue weighted by molar-refractivity contribution is 14.0. The van der Waals surface area contributed by atoms with Crippen molar-refractivity contribution in [3.63, 3.8) is 0 Å². The van der Waals surface area contributed by atoms with E-state index in [1.54, 1.807) is 19.0 Å². The number of guanidine groups is 1. The first-order chi connectivity index (χ1) is 13.3. The lowest BCUT2D eigenvalue weighted by molar-refractivity contribution is -0.145. The third kappa shape index (κ3) is 6.24. The molecule has 2 rings (SSSR count). The predicted octanol–water partition coefficient (Wildman–Crippen LogP) is 2.89. The van der Waals surface area contributed by atoms with Gasteiger partial charge in [-0.2, -0.15) is 0 Å². The van der Waals surface area contributed by atoms with E-state index in [1.807, 2.05) is 18.7 Å². The zero-order valence-corrected chi connectivity index (χ0v) is 19.9. The number of carbonyl (C=O) groups excluding carboxylic acids is 1. The lowest BCUT2D eigenvalue weighted by atomic mass is 9.99. The van der Waals surface area contributed by atoms with Crippen LogP contribution in [0.1, 0.15) is 25.5 Å². The van der Waals surface area contributed by atoms with Crippen LogP contribution in [-0.2, 0) is 9.53 Å². The second-order valence-electron chi connectivity index (χ2n) is 7.32. The smallest absolute Gasteiger partial charge is 0.310 e. The monoisotopic (exact) mass is 524 g/mol. The second kappa shape index (κ2) is 11.6. The van der Waals surface area contributed by atoms with Gasteiger partial charge in [0.05, 0.1) is 25.6 Å². The van der Waals surface area contributed by atoms with E-state index in [2.05, 4.69) is 10.3 Å². The van der Waals surface area contributed by atoms with Gasteiger partial charge in [0, 0.05) is 25.2 Å². The molecule has 1 N–H and O–H groups in total. The Hall–Kier alpha value is -1.49. The average Bonchev–Trinajstić information content (AvgIpc) is 3.03. The van der Waals surface area contributed by atoms with Crippen LogP contribution >= 0.6 is 24.0 Å². The van der Waals surface area contributed by atoms with Crippen LogP contribution in [0.4, 0.5) is 8.78 Å². The van der Waals surface area contributed by atoms with Crippen molar-refractivity contribution in [2.24, 2.45) is 16.8 Å². The Morgan fingerprint density at radius 1 is 1.34 bits per heavy atom. The van der Waals surface area contributed by atoms with E-state index in [4.69, 9.17) is 4.74 Å². The number of carbonyl (C=O) groups is 1. The fourth-order valence-corrected chi connectivity index (χ4v) is 3.54. The van der Waals surface area contributed by atoms with Crippen LogP contribution in [0.2, 0.25) is 0 Å².